The molecular weight excluding hydrogens is 196 g/mol. The van der Waals surface area contributed by atoms with E-state index in [2.05, 4.69) is 10.6 Å². The number of carboxylic acids is 1. The first-order valence-electron chi connectivity index (χ1n) is 5.28. The van der Waals surface area contributed by atoms with Crippen LogP contribution in [-0.4, -0.2) is 36.1 Å². The van der Waals surface area contributed by atoms with E-state index < -0.39 is 5.97 Å². The van der Waals surface area contributed by atoms with E-state index >= 15 is 0 Å². The van der Waals surface area contributed by atoms with Gasteiger partial charge in [0.05, 0.1) is 0 Å². The summed E-state index contributed by atoms with van der Waals surface area (Å²) in [6.45, 7) is 5.21. The van der Waals surface area contributed by atoms with Gasteiger partial charge in [-0.2, -0.15) is 0 Å². The van der Waals surface area contributed by atoms with Crippen LogP contribution in [0.15, 0.2) is 0 Å². The van der Waals surface area contributed by atoms with Crippen LogP contribution in [0, 0.1) is 0 Å². The standard InChI is InChI=1S/C10H20N2O3/c1-3-11-8(2)7-9(13)12-6-4-5-10(14)15/h8,11H,3-7H2,1-2H3,(H,12,13)(H,14,15). The highest BCUT2D eigenvalue weighted by Crippen LogP contribution is 1.91. The van der Waals surface area contributed by atoms with Gasteiger partial charge in [-0.15, -0.1) is 0 Å². The summed E-state index contributed by atoms with van der Waals surface area (Å²) < 4.78 is 0. The van der Waals surface area contributed by atoms with E-state index in [-0.39, 0.29) is 18.4 Å². The summed E-state index contributed by atoms with van der Waals surface area (Å²) in [5.74, 6) is -0.862. The van der Waals surface area contributed by atoms with E-state index in [1.54, 1.807) is 0 Å². The largest absolute Gasteiger partial charge is 0.481 e. The van der Waals surface area contributed by atoms with E-state index in [0.717, 1.165) is 6.54 Å². The van der Waals surface area contributed by atoms with Crippen LogP contribution >= 0.6 is 0 Å². The van der Waals surface area contributed by atoms with Crippen LogP contribution in [-0.2, 0) is 9.59 Å². The number of carbonyl (C=O) groups is 2. The van der Waals surface area contributed by atoms with Crippen molar-refractivity contribution in [3.63, 3.8) is 0 Å². The average molecular weight is 216 g/mol. The number of hydrogen-bond donors (Lipinski definition) is 3. The molecule has 0 aliphatic rings. The zero-order valence-corrected chi connectivity index (χ0v) is 9.38. The number of hydrogen-bond acceptors (Lipinski definition) is 3. The van der Waals surface area contributed by atoms with Crippen LogP contribution in [0.2, 0.25) is 0 Å². The molecule has 3 N–H and O–H groups in total. The van der Waals surface area contributed by atoms with Crippen LogP contribution < -0.4 is 10.6 Å². The first kappa shape index (κ1) is 13.9. The maximum atomic E-state index is 11.3. The Morgan fingerprint density at radius 1 is 1.40 bits per heavy atom. The minimum atomic E-state index is -0.828. The summed E-state index contributed by atoms with van der Waals surface area (Å²) in [6.07, 6.45) is 1.01. The molecule has 1 unspecified atom stereocenters. The topological polar surface area (TPSA) is 78.4 Å². The second-order valence-corrected chi connectivity index (χ2v) is 3.51. The zero-order chi connectivity index (χ0) is 11.7. The third-order valence-electron chi connectivity index (χ3n) is 1.93. The quantitative estimate of drug-likeness (QED) is 0.512. The van der Waals surface area contributed by atoms with Gasteiger partial charge in [-0.3, -0.25) is 9.59 Å². The Labute approximate surface area is 90.2 Å². The van der Waals surface area contributed by atoms with Crippen LogP contribution in [0.5, 0.6) is 0 Å². The molecule has 88 valence electrons. The average Bonchev–Trinajstić information content (AvgIpc) is 2.12. The van der Waals surface area contributed by atoms with Gasteiger partial charge < -0.3 is 15.7 Å². The van der Waals surface area contributed by atoms with Gasteiger partial charge in [-0.1, -0.05) is 6.92 Å². The van der Waals surface area contributed by atoms with Crippen LogP contribution in [0.25, 0.3) is 0 Å². The molecule has 0 aromatic carbocycles. The lowest BCUT2D eigenvalue weighted by molar-refractivity contribution is -0.137. The number of rotatable bonds is 8. The number of nitrogens with one attached hydrogen (secondary N) is 2. The van der Waals surface area contributed by atoms with Gasteiger partial charge in [0.25, 0.3) is 0 Å². The van der Waals surface area contributed by atoms with Crippen LogP contribution in [0.4, 0.5) is 0 Å². The fourth-order valence-electron chi connectivity index (χ4n) is 1.24. The van der Waals surface area contributed by atoms with Crippen LogP contribution in [0.1, 0.15) is 33.1 Å². The second kappa shape index (κ2) is 8.23. The highest BCUT2D eigenvalue weighted by atomic mass is 16.4. The highest BCUT2D eigenvalue weighted by Gasteiger charge is 2.06. The van der Waals surface area contributed by atoms with E-state index in [4.69, 9.17) is 5.11 Å². The monoisotopic (exact) mass is 216 g/mol. The molecule has 0 fully saturated rings. The third kappa shape index (κ3) is 9.21. The summed E-state index contributed by atoms with van der Waals surface area (Å²) in [4.78, 5) is 21.5. The molecule has 5 nitrogen and oxygen atoms in total. The molecule has 0 saturated heterocycles. The number of carbonyl (C=O) groups excluding carboxylic acids is 1. The van der Waals surface area contributed by atoms with Crippen molar-refractivity contribution >= 4 is 11.9 Å². The van der Waals surface area contributed by atoms with Gasteiger partial charge in [0.2, 0.25) is 5.91 Å². The van der Waals surface area contributed by atoms with Gasteiger partial charge in [-0.25, -0.2) is 0 Å². The third-order valence-corrected chi connectivity index (χ3v) is 1.93. The molecule has 0 bridgehead atoms. The first-order chi connectivity index (χ1) is 7.06. The summed E-state index contributed by atoms with van der Waals surface area (Å²) in [5.41, 5.74) is 0. The van der Waals surface area contributed by atoms with E-state index in [1.807, 2.05) is 13.8 Å². The highest BCUT2D eigenvalue weighted by molar-refractivity contribution is 5.76. The molecule has 1 atom stereocenters. The lowest BCUT2D eigenvalue weighted by Crippen LogP contribution is -2.34. The summed E-state index contributed by atoms with van der Waals surface area (Å²) >= 11 is 0. The fourth-order valence-corrected chi connectivity index (χ4v) is 1.24. The lowest BCUT2D eigenvalue weighted by Gasteiger charge is -2.11. The van der Waals surface area contributed by atoms with Crippen molar-refractivity contribution in [1.29, 1.82) is 0 Å². The molecule has 0 aliphatic carbocycles. The Hall–Kier alpha value is -1.10. The zero-order valence-electron chi connectivity index (χ0n) is 9.38. The maximum Gasteiger partial charge on any atom is 0.303 e. The Kier molecular flexibility index (Phi) is 7.62. The summed E-state index contributed by atoms with van der Waals surface area (Å²) in [5, 5.41) is 14.2. The molecule has 0 radical (unpaired) electrons. The predicted octanol–water partition coefficient (Wildman–Crippen LogP) is 0.355. The van der Waals surface area contributed by atoms with Gasteiger partial charge >= 0.3 is 5.97 Å². The van der Waals surface area contributed by atoms with E-state index in [9.17, 15) is 9.59 Å². The molecule has 0 aliphatic heterocycles. The molecule has 0 aromatic heterocycles. The molecular formula is C10H20N2O3. The SMILES string of the molecule is CCNC(C)CC(=O)NCCCC(=O)O. The van der Waals surface area contributed by atoms with Crippen molar-refractivity contribution in [3.05, 3.63) is 0 Å². The van der Waals surface area contributed by atoms with Crippen molar-refractivity contribution in [2.45, 2.75) is 39.2 Å². The lowest BCUT2D eigenvalue weighted by atomic mass is 10.2. The minimum Gasteiger partial charge on any atom is -0.481 e. The van der Waals surface area contributed by atoms with Gasteiger partial charge in [0.15, 0.2) is 0 Å². The second-order valence-electron chi connectivity index (χ2n) is 3.51. The van der Waals surface area contributed by atoms with Gasteiger partial charge in [0, 0.05) is 25.4 Å². The Morgan fingerprint density at radius 2 is 2.07 bits per heavy atom. The number of carboxylic acid groups (broad SMARTS) is 1. The molecule has 5 heteroatoms. The summed E-state index contributed by atoms with van der Waals surface area (Å²) in [6, 6.07) is 0.162. The normalized spacial score (nSPS) is 12.1. The first-order valence-corrected chi connectivity index (χ1v) is 5.28. The maximum absolute atomic E-state index is 11.3. The van der Waals surface area contributed by atoms with Crippen molar-refractivity contribution < 1.29 is 14.7 Å². The number of amides is 1. The molecule has 0 saturated carbocycles. The minimum absolute atomic E-state index is 0.0335. The van der Waals surface area contributed by atoms with Gasteiger partial charge in [-0.05, 0) is 19.9 Å². The van der Waals surface area contributed by atoms with Crippen molar-refractivity contribution in [2.75, 3.05) is 13.1 Å². The molecule has 0 aromatic rings. The van der Waals surface area contributed by atoms with E-state index in [0.29, 0.717) is 19.4 Å². The van der Waals surface area contributed by atoms with Crippen molar-refractivity contribution in [3.8, 4) is 0 Å². The Morgan fingerprint density at radius 3 is 2.60 bits per heavy atom. The molecule has 1 amide bonds. The predicted molar refractivity (Wildman–Crippen MR) is 57.6 cm³/mol. The van der Waals surface area contributed by atoms with Crippen LogP contribution in [0.3, 0.4) is 0 Å². The molecule has 0 rings (SSSR count). The summed E-state index contributed by atoms with van der Waals surface area (Å²) in [7, 11) is 0. The van der Waals surface area contributed by atoms with Crippen molar-refractivity contribution in [2.24, 2.45) is 0 Å². The molecule has 15 heavy (non-hydrogen) atoms. The van der Waals surface area contributed by atoms with E-state index in [1.165, 1.54) is 0 Å². The molecule has 0 heterocycles. The number of aliphatic carboxylic acids is 1. The van der Waals surface area contributed by atoms with Gasteiger partial charge in [0.1, 0.15) is 0 Å². The molecule has 0 spiro atoms. The van der Waals surface area contributed by atoms with Crippen molar-refractivity contribution in [1.82, 2.24) is 10.6 Å². The smallest absolute Gasteiger partial charge is 0.303 e. The fraction of sp³-hybridized carbons (Fsp3) is 0.800. The Bertz CT molecular complexity index is 207. The Balaban J connectivity index is 3.44.